The Balaban J connectivity index is 1.98. The number of imidazole rings is 1. The third-order valence-electron chi connectivity index (χ3n) is 4.21. The number of para-hydroxylation sites is 1. The smallest absolute Gasteiger partial charge is 0.281 e. The Kier molecular flexibility index (Phi) is 5.97. The van der Waals surface area contributed by atoms with Crippen LogP contribution < -0.4 is 14.2 Å². The SMILES string of the molecule is COc1ccc(S(=O)(=O)Nc2ccccc2Cl)cc1NS(=O)(=O)c1cn(C)c(C)n1. The molecule has 0 bridgehead atoms. The number of sulfonamides is 2. The Bertz CT molecular complexity index is 1280. The largest absolute Gasteiger partial charge is 0.495 e. The molecule has 9 nitrogen and oxygen atoms in total. The van der Waals surface area contributed by atoms with E-state index in [9.17, 15) is 16.8 Å². The molecule has 30 heavy (non-hydrogen) atoms. The lowest BCUT2D eigenvalue weighted by Gasteiger charge is -2.14. The van der Waals surface area contributed by atoms with Gasteiger partial charge >= 0.3 is 0 Å². The molecule has 0 aliphatic rings. The lowest BCUT2D eigenvalue weighted by Crippen LogP contribution is -2.16. The first-order valence-corrected chi connectivity index (χ1v) is 11.9. The highest BCUT2D eigenvalue weighted by atomic mass is 35.5. The van der Waals surface area contributed by atoms with E-state index >= 15 is 0 Å². The van der Waals surface area contributed by atoms with Gasteiger partial charge < -0.3 is 9.30 Å². The lowest BCUT2D eigenvalue weighted by molar-refractivity contribution is 0.416. The minimum absolute atomic E-state index is 0.0529. The molecule has 0 amide bonds. The second-order valence-electron chi connectivity index (χ2n) is 6.29. The van der Waals surface area contributed by atoms with Crippen LogP contribution in [0.4, 0.5) is 11.4 Å². The molecule has 3 rings (SSSR count). The van der Waals surface area contributed by atoms with E-state index in [0.29, 0.717) is 5.82 Å². The number of ether oxygens (including phenoxy) is 1. The van der Waals surface area contributed by atoms with Crippen molar-refractivity contribution in [3.05, 3.63) is 59.5 Å². The summed E-state index contributed by atoms with van der Waals surface area (Å²) in [6.45, 7) is 1.66. The molecule has 0 spiro atoms. The number of hydrogen-bond donors (Lipinski definition) is 2. The molecule has 0 saturated carbocycles. The van der Waals surface area contributed by atoms with Crippen molar-refractivity contribution < 1.29 is 21.6 Å². The van der Waals surface area contributed by atoms with Crippen molar-refractivity contribution in [2.24, 2.45) is 7.05 Å². The summed E-state index contributed by atoms with van der Waals surface area (Å²) in [4.78, 5) is 3.81. The molecule has 0 fully saturated rings. The highest BCUT2D eigenvalue weighted by molar-refractivity contribution is 7.93. The van der Waals surface area contributed by atoms with Crippen molar-refractivity contribution in [1.82, 2.24) is 9.55 Å². The molecule has 2 N–H and O–H groups in total. The molecule has 1 aromatic heterocycles. The molecule has 0 radical (unpaired) electrons. The fourth-order valence-corrected chi connectivity index (χ4v) is 4.98. The zero-order chi connectivity index (χ0) is 22.1. The van der Waals surface area contributed by atoms with Crippen LogP contribution in [0, 0.1) is 6.92 Å². The molecular weight excluding hydrogens is 452 g/mol. The summed E-state index contributed by atoms with van der Waals surface area (Å²) in [6, 6.07) is 10.2. The summed E-state index contributed by atoms with van der Waals surface area (Å²) in [6.07, 6.45) is 1.35. The van der Waals surface area contributed by atoms with Gasteiger partial charge in [0.05, 0.1) is 28.4 Å². The Hall–Kier alpha value is -2.76. The zero-order valence-corrected chi connectivity index (χ0v) is 18.6. The number of aryl methyl sites for hydroxylation is 2. The van der Waals surface area contributed by atoms with E-state index in [1.807, 2.05) is 0 Å². The summed E-state index contributed by atoms with van der Waals surface area (Å²) in [7, 11) is -5.12. The summed E-state index contributed by atoms with van der Waals surface area (Å²) >= 11 is 6.02. The van der Waals surface area contributed by atoms with Crippen LogP contribution in [-0.2, 0) is 27.1 Å². The number of halogens is 1. The van der Waals surface area contributed by atoms with Crippen molar-refractivity contribution in [3.63, 3.8) is 0 Å². The van der Waals surface area contributed by atoms with E-state index in [1.54, 1.807) is 36.7 Å². The minimum Gasteiger partial charge on any atom is -0.495 e. The second-order valence-corrected chi connectivity index (χ2v) is 10.0. The number of rotatable bonds is 7. The van der Waals surface area contributed by atoms with Gasteiger partial charge in [-0.05, 0) is 37.3 Å². The fraction of sp³-hybridized carbons (Fsp3) is 0.167. The molecule has 2 aromatic carbocycles. The topological polar surface area (TPSA) is 119 Å². The Morgan fingerprint density at radius 1 is 1.00 bits per heavy atom. The normalized spacial score (nSPS) is 11.9. The predicted octanol–water partition coefficient (Wildman–Crippen LogP) is 2.99. The standard InChI is InChI=1S/C18H19ClN4O5S2/c1-12-20-18(11-23(12)2)30(26,27)22-16-10-13(8-9-17(16)28-3)29(24,25)21-15-7-5-4-6-14(15)19/h4-11,21-22H,1-3H3. The molecule has 3 aromatic rings. The van der Waals surface area contributed by atoms with Gasteiger partial charge in [-0.2, -0.15) is 8.42 Å². The Morgan fingerprint density at radius 3 is 2.27 bits per heavy atom. The van der Waals surface area contributed by atoms with Gasteiger partial charge in [-0.1, -0.05) is 23.7 Å². The van der Waals surface area contributed by atoms with E-state index in [0.717, 1.165) is 6.07 Å². The summed E-state index contributed by atoms with van der Waals surface area (Å²) in [5.41, 5.74) is 0.143. The molecule has 0 aliphatic carbocycles. The van der Waals surface area contributed by atoms with Crippen LogP contribution in [-0.4, -0.2) is 33.5 Å². The van der Waals surface area contributed by atoms with E-state index in [4.69, 9.17) is 16.3 Å². The quantitative estimate of drug-likeness (QED) is 0.547. The van der Waals surface area contributed by atoms with Gasteiger partial charge in [0.1, 0.15) is 11.6 Å². The molecule has 0 aliphatic heterocycles. The summed E-state index contributed by atoms with van der Waals surface area (Å²) in [5, 5.41) is 0.0213. The van der Waals surface area contributed by atoms with Crippen LogP contribution in [0.5, 0.6) is 5.75 Å². The average Bonchev–Trinajstić information content (AvgIpc) is 3.03. The molecule has 0 saturated heterocycles. The summed E-state index contributed by atoms with van der Waals surface area (Å²) < 4.78 is 62.4. The Morgan fingerprint density at radius 2 is 1.67 bits per heavy atom. The lowest BCUT2D eigenvalue weighted by atomic mass is 10.3. The molecular formula is C18H19ClN4O5S2. The van der Waals surface area contributed by atoms with Crippen LogP contribution in [0.3, 0.4) is 0 Å². The molecule has 0 atom stereocenters. The van der Waals surface area contributed by atoms with Gasteiger partial charge in [0, 0.05) is 13.2 Å². The van der Waals surface area contributed by atoms with Gasteiger partial charge in [0.15, 0.2) is 5.03 Å². The van der Waals surface area contributed by atoms with Crippen molar-refractivity contribution >= 4 is 43.0 Å². The third-order valence-corrected chi connectivity index (χ3v) is 7.13. The van der Waals surface area contributed by atoms with Crippen LogP contribution in [0.2, 0.25) is 5.02 Å². The number of benzene rings is 2. The first kappa shape index (κ1) is 21.9. The van der Waals surface area contributed by atoms with Crippen molar-refractivity contribution in [1.29, 1.82) is 0 Å². The molecule has 0 unspecified atom stereocenters. The van der Waals surface area contributed by atoms with Gasteiger partial charge in [-0.25, -0.2) is 13.4 Å². The Labute approximate surface area is 179 Å². The number of hydrogen-bond acceptors (Lipinski definition) is 6. The van der Waals surface area contributed by atoms with Crippen LogP contribution >= 0.6 is 11.6 Å². The van der Waals surface area contributed by atoms with Crippen molar-refractivity contribution in [2.75, 3.05) is 16.6 Å². The first-order valence-electron chi connectivity index (χ1n) is 8.51. The molecule has 160 valence electrons. The predicted molar refractivity (Wildman–Crippen MR) is 114 cm³/mol. The number of aromatic nitrogens is 2. The van der Waals surface area contributed by atoms with Crippen molar-refractivity contribution in [2.45, 2.75) is 16.8 Å². The van der Waals surface area contributed by atoms with Gasteiger partial charge in [0.2, 0.25) is 0 Å². The maximum atomic E-state index is 12.8. The maximum absolute atomic E-state index is 12.8. The van der Waals surface area contributed by atoms with Crippen LogP contribution in [0.1, 0.15) is 5.82 Å². The number of anilines is 2. The van der Waals surface area contributed by atoms with Crippen molar-refractivity contribution in [3.8, 4) is 5.75 Å². The zero-order valence-electron chi connectivity index (χ0n) is 16.2. The average molecular weight is 471 g/mol. The highest BCUT2D eigenvalue weighted by Gasteiger charge is 2.23. The fourth-order valence-electron chi connectivity index (χ4n) is 2.53. The van der Waals surface area contributed by atoms with Gasteiger partial charge in [-0.3, -0.25) is 9.44 Å². The number of methoxy groups -OCH3 is 1. The second kappa shape index (κ2) is 8.17. The van der Waals surface area contributed by atoms with Crippen LogP contribution in [0.25, 0.3) is 0 Å². The molecule has 12 heteroatoms. The number of nitrogens with one attached hydrogen (secondary N) is 2. The van der Waals surface area contributed by atoms with E-state index < -0.39 is 20.0 Å². The number of nitrogens with zero attached hydrogens (tertiary/aromatic N) is 2. The van der Waals surface area contributed by atoms with Crippen LogP contribution in [0.15, 0.2) is 58.6 Å². The minimum atomic E-state index is -4.07. The maximum Gasteiger partial charge on any atom is 0.281 e. The summed E-state index contributed by atoms with van der Waals surface area (Å²) in [5.74, 6) is 0.644. The van der Waals surface area contributed by atoms with E-state index in [1.165, 1.54) is 31.5 Å². The third kappa shape index (κ3) is 4.53. The van der Waals surface area contributed by atoms with Gasteiger partial charge in [0.25, 0.3) is 20.0 Å². The highest BCUT2D eigenvalue weighted by Crippen LogP contribution is 2.31. The monoisotopic (exact) mass is 470 g/mol. The van der Waals surface area contributed by atoms with E-state index in [-0.39, 0.29) is 32.1 Å². The molecule has 1 heterocycles. The van der Waals surface area contributed by atoms with E-state index in [2.05, 4.69) is 14.4 Å². The first-order chi connectivity index (χ1) is 14.0. The van der Waals surface area contributed by atoms with Gasteiger partial charge in [-0.15, -0.1) is 0 Å².